The van der Waals surface area contributed by atoms with Gasteiger partial charge in [-0.25, -0.2) is 4.39 Å². The molecule has 31 heavy (non-hydrogen) atoms. The van der Waals surface area contributed by atoms with Crippen molar-refractivity contribution in [2.24, 2.45) is 11.8 Å². The number of carboxylic acid groups (broad SMARTS) is 1. The molecule has 2 heterocycles. The van der Waals surface area contributed by atoms with Crippen molar-refractivity contribution in [3.8, 4) is 5.75 Å². The minimum Gasteiger partial charge on any atom is -0.497 e. The first-order chi connectivity index (χ1) is 15.0. The molecular formula is C24H33FN2O3S. The van der Waals surface area contributed by atoms with E-state index in [1.165, 1.54) is 0 Å². The molecule has 1 aromatic carbocycles. The summed E-state index contributed by atoms with van der Waals surface area (Å²) >= 11 is 1.92. The topological polar surface area (TPSA) is 62.7 Å². The summed E-state index contributed by atoms with van der Waals surface area (Å²) in [5.41, 5.74) is 1.33. The number of piperidine rings is 1. The molecule has 1 saturated heterocycles. The van der Waals surface area contributed by atoms with E-state index in [9.17, 15) is 9.90 Å². The number of aliphatic carboxylic acids is 1. The van der Waals surface area contributed by atoms with Crippen LogP contribution in [0.25, 0.3) is 10.9 Å². The SMILES string of the molecule is CCCSCCN1CC[C@@H](CCC(F)c2ccnc3ccc(OC)cc23)[C@@H](C(=O)O)C1. The largest absolute Gasteiger partial charge is 0.497 e. The molecule has 0 saturated carbocycles. The average Bonchev–Trinajstić information content (AvgIpc) is 2.79. The Morgan fingerprint density at radius 2 is 2.23 bits per heavy atom. The monoisotopic (exact) mass is 448 g/mol. The van der Waals surface area contributed by atoms with Gasteiger partial charge in [0.2, 0.25) is 0 Å². The number of hydrogen-bond donors (Lipinski definition) is 1. The van der Waals surface area contributed by atoms with E-state index in [2.05, 4.69) is 16.8 Å². The first-order valence-electron chi connectivity index (χ1n) is 11.1. The van der Waals surface area contributed by atoms with Crippen molar-refractivity contribution < 1.29 is 19.0 Å². The van der Waals surface area contributed by atoms with E-state index in [1.54, 1.807) is 19.4 Å². The predicted octanol–water partition coefficient (Wildman–Crippen LogP) is 5.20. The Balaban J connectivity index is 1.61. The van der Waals surface area contributed by atoms with Crippen molar-refractivity contribution in [2.45, 2.75) is 38.8 Å². The van der Waals surface area contributed by atoms with Gasteiger partial charge in [0.25, 0.3) is 0 Å². The quantitative estimate of drug-likeness (QED) is 0.477. The second-order valence-corrected chi connectivity index (χ2v) is 9.46. The van der Waals surface area contributed by atoms with E-state index >= 15 is 4.39 Å². The number of rotatable bonds is 11. The van der Waals surface area contributed by atoms with Gasteiger partial charge >= 0.3 is 5.97 Å². The number of thioether (sulfide) groups is 1. The number of aromatic nitrogens is 1. The van der Waals surface area contributed by atoms with E-state index in [0.29, 0.717) is 30.7 Å². The number of ether oxygens (including phenoxy) is 1. The second kappa shape index (κ2) is 11.7. The van der Waals surface area contributed by atoms with Crippen LogP contribution in [0.4, 0.5) is 4.39 Å². The molecule has 1 unspecified atom stereocenters. The Hall–Kier alpha value is -1.86. The molecule has 1 aromatic heterocycles. The molecule has 1 N–H and O–H groups in total. The Kier molecular flexibility index (Phi) is 8.96. The zero-order valence-corrected chi connectivity index (χ0v) is 19.2. The van der Waals surface area contributed by atoms with E-state index in [1.807, 2.05) is 30.0 Å². The summed E-state index contributed by atoms with van der Waals surface area (Å²) < 4.78 is 20.6. The van der Waals surface area contributed by atoms with Gasteiger partial charge in [-0.3, -0.25) is 9.78 Å². The van der Waals surface area contributed by atoms with Gasteiger partial charge in [0.15, 0.2) is 0 Å². The van der Waals surface area contributed by atoms with Crippen LogP contribution in [0.3, 0.4) is 0 Å². The molecule has 2 aromatic rings. The summed E-state index contributed by atoms with van der Waals surface area (Å²) in [7, 11) is 1.59. The molecule has 1 aliphatic rings. The van der Waals surface area contributed by atoms with Gasteiger partial charge in [0.05, 0.1) is 18.5 Å². The van der Waals surface area contributed by atoms with Crippen molar-refractivity contribution in [1.82, 2.24) is 9.88 Å². The van der Waals surface area contributed by atoms with Gasteiger partial charge in [0, 0.05) is 30.4 Å². The number of halogens is 1. The molecule has 0 aliphatic carbocycles. The maximum Gasteiger partial charge on any atom is 0.308 e. The fraction of sp³-hybridized carbons (Fsp3) is 0.583. The van der Waals surface area contributed by atoms with E-state index in [-0.39, 0.29) is 5.92 Å². The number of carbonyl (C=O) groups is 1. The lowest BCUT2D eigenvalue weighted by atomic mass is 9.81. The van der Waals surface area contributed by atoms with Gasteiger partial charge in [-0.1, -0.05) is 6.92 Å². The zero-order valence-electron chi connectivity index (χ0n) is 18.4. The average molecular weight is 449 g/mol. The lowest BCUT2D eigenvalue weighted by Crippen LogP contribution is -2.44. The van der Waals surface area contributed by atoms with Gasteiger partial charge in [-0.05, 0) is 73.7 Å². The molecule has 7 heteroatoms. The molecular weight excluding hydrogens is 415 g/mol. The zero-order chi connectivity index (χ0) is 22.2. The third-order valence-electron chi connectivity index (χ3n) is 6.17. The van der Waals surface area contributed by atoms with Crippen molar-refractivity contribution in [3.05, 3.63) is 36.0 Å². The van der Waals surface area contributed by atoms with Crippen LogP contribution in [-0.2, 0) is 4.79 Å². The van der Waals surface area contributed by atoms with Gasteiger partial charge in [-0.15, -0.1) is 0 Å². The molecule has 0 radical (unpaired) electrons. The lowest BCUT2D eigenvalue weighted by molar-refractivity contribution is -0.146. The fourth-order valence-corrected chi connectivity index (χ4v) is 5.28. The van der Waals surface area contributed by atoms with Crippen molar-refractivity contribution in [2.75, 3.05) is 38.2 Å². The Bertz CT molecular complexity index is 866. The molecule has 3 rings (SSSR count). The van der Waals surface area contributed by atoms with Crippen LogP contribution in [0.15, 0.2) is 30.5 Å². The molecule has 1 fully saturated rings. The summed E-state index contributed by atoms with van der Waals surface area (Å²) in [6.07, 6.45) is 3.34. The standard InChI is InChI=1S/C24H33FN2O3S/c1-3-13-31-14-12-27-11-9-17(21(16-27)24(28)29)4-6-22(25)19-8-10-26-23-7-5-18(30-2)15-20(19)23/h5,7-8,10,15,17,21-22H,3-4,6,9,11-14,16H2,1-2H3,(H,28,29)/t17-,21+,22?/m1/s1. The van der Waals surface area contributed by atoms with Gasteiger partial charge in [-0.2, -0.15) is 11.8 Å². The predicted molar refractivity (Wildman–Crippen MR) is 125 cm³/mol. The van der Waals surface area contributed by atoms with Crippen LogP contribution >= 0.6 is 11.8 Å². The van der Waals surface area contributed by atoms with Crippen LogP contribution in [0.5, 0.6) is 5.75 Å². The van der Waals surface area contributed by atoms with Crippen molar-refractivity contribution in [1.29, 1.82) is 0 Å². The molecule has 1 aliphatic heterocycles. The van der Waals surface area contributed by atoms with E-state index in [0.717, 1.165) is 48.3 Å². The maximum atomic E-state index is 15.3. The number of pyridine rings is 1. The molecule has 5 nitrogen and oxygen atoms in total. The Labute approximate surface area is 188 Å². The normalized spacial score (nSPS) is 20.6. The van der Waals surface area contributed by atoms with Crippen LogP contribution in [0.2, 0.25) is 0 Å². The summed E-state index contributed by atoms with van der Waals surface area (Å²) in [5.74, 6) is 1.68. The number of methoxy groups -OCH3 is 1. The number of likely N-dealkylation sites (tertiary alicyclic amines) is 1. The van der Waals surface area contributed by atoms with Crippen molar-refractivity contribution >= 4 is 28.6 Å². The minimum atomic E-state index is -1.16. The Morgan fingerprint density at radius 3 is 2.97 bits per heavy atom. The second-order valence-electron chi connectivity index (χ2n) is 8.23. The van der Waals surface area contributed by atoms with Crippen LogP contribution in [0.1, 0.15) is 44.3 Å². The van der Waals surface area contributed by atoms with Gasteiger partial charge < -0.3 is 14.7 Å². The van der Waals surface area contributed by atoms with Crippen LogP contribution in [0, 0.1) is 11.8 Å². The summed E-state index contributed by atoms with van der Waals surface area (Å²) in [6.45, 7) is 4.56. The van der Waals surface area contributed by atoms with Crippen LogP contribution in [-0.4, -0.2) is 59.2 Å². The smallest absolute Gasteiger partial charge is 0.308 e. The first kappa shape index (κ1) is 23.8. The third-order valence-corrected chi connectivity index (χ3v) is 7.34. The highest BCUT2D eigenvalue weighted by molar-refractivity contribution is 7.99. The highest BCUT2D eigenvalue weighted by atomic mass is 32.2. The summed E-state index contributed by atoms with van der Waals surface area (Å²) in [6, 6.07) is 7.19. The number of carboxylic acids is 1. The molecule has 3 atom stereocenters. The minimum absolute atomic E-state index is 0.0120. The maximum absolute atomic E-state index is 15.3. The number of benzene rings is 1. The number of hydrogen-bond acceptors (Lipinski definition) is 5. The molecule has 0 amide bonds. The van der Waals surface area contributed by atoms with E-state index < -0.39 is 18.1 Å². The molecule has 170 valence electrons. The fourth-order valence-electron chi connectivity index (χ4n) is 4.40. The van der Waals surface area contributed by atoms with E-state index in [4.69, 9.17) is 4.74 Å². The lowest BCUT2D eigenvalue weighted by Gasteiger charge is -2.36. The van der Waals surface area contributed by atoms with Gasteiger partial charge in [0.1, 0.15) is 11.9 Å². The summed E-state index contributed by atoms with van der Waals surface area (Å²) in [4.78, 5) is 18.5. The molecule has 0 bridgehead atoms. The number of nitrogens with zero attached hydrogens (tertiary/aromatic N) is 2. The number of alkyl halides is 1. The van der Waals surface area contributed by atoms with Crippen LogP contribution < -0.4 is 4.74 Å². The van der Waals surface area contributed by atoms with Crippen molar-refractivity contribution in [3.63, 3.8) is 0 Å². The first-order valence-corrected chi connectivity index (χ1v) is 12.3. The highest BCUT2D eigenvalue weighted by Crippen LogP contribution is 2.35. The highest BCUT2D eigenvalue weighted by Gasteiger charge is 2.34. The molecule has 0 spiro atoms. The number of fused-ring (bicyclic) bond motifs is 1. The summed E-state index contributed by atoms with van der Waals surface area (Å²) in [5, 5.41) is 10.5. The third kappa shape index (κ3) is 6.32. The Morgan fingerprint density at radius 1 is 1.39 bits per heavy atom.